The van der Waals surface area contributed by atoms with Gasteiger partial charge < -0.3 is 14.5 Å². The van der Waals surface area contributed by atoms with E-state index in [1.807, 2.05) is 30.3 Å². The summed E-state index contributed by atoms with van der Waals surface area (Å²) in [5.41, 5.74) is 2.25. The number of methoxy groups -OCH3 is 1. The lowest BCUT2D eigenvalue weighted by atomic mass is 9.75. The van der Waals surface area contributed by atoms with Crippen molar-refractivity contribution in [3.8, 4) is 17.0 Å². The van der Waals surface area contributed by atoms with Crippen molar-refractivity contribution in [1.29, 1.82) is 0 Å². The number of hydrogen-bond donors (Lipinski definition) is 2. The number of rotatable bonds is 4. The van der Waals surface area contributed by atoms with Gasteiger partial charge in [-0.25, -0.2) is 10.1 Å². The maximum absolute atomic E-state index is 13.8. The maximum Gasteiger partial charge on any atom is 0.445 e. The van der Waals surface area contributed by atoms with Crippen LogP contribution in [0.5, 0.6) is 5.75 Å². The number of amides is 2. The number of fused-ring (bicyclic) bond motifs is 2. The van der Waals surface area contributed by atoms with Gasteiger partial charge in [0.2, 0.25) is 0 Å². The Morgan fingerprint density at radius 1 is 1.18 bits per heavy atom. The normalized spacial score (nSPS) is 21.2. The molecule has 9 nitrogen and oxygen atoms in total. The van der Waals surface area contributed by atoms with E-state index < -0.39 is 25.4 Å². The summed E-state index contributed by atoms with van der Waals surface area (Å²) in [5, 5.41) is 5.98. The summed E-state index contributed by atoms with van der Waals surface area (Å²) in [6.45, 7) is 1.68. The molecule has 1 aromatic heterocycles. The molecule has 2 aliphatic heterocycles. The number of carbonyl (C=O) groups is 1. The Balaban J connectivity index is 1.52. The van der Waals surface area contributed by atoms with Gasteiger partial charge in [-0.1, -0.05) is 30.3 Å². The third kappa shape index (κ3) is 3.49. The summed E-state index contributed by atoms with van der Waals surface area (Å²) >= 11 is 0. The minimum absolute atomic E-state index is 0.0623. The molecule has 0 aliphatic carbocycles. The van der Waals surface area contributed by atoms with E-state index in [1.54, 1.807) is 25.3 Å². The van der Waals surface area contributed by atoms with Crippen LogP contribution in [0.4, 0.5) is 16.5 Å². The molecule has 34 heavy (non-hydrogen) atoms. The lowest BCUT2D eigenvalue weighted by Gasteiger charge is -2.35. The first-order valence-corrected chi connectivity index (χ1v) is 12.9. The maximum atomic E-state index is 13.8. The van der Waals surface area contributed by atoms with E-state index in [0.717, 1.165) is 43.3 Å². The van der Waals surface area contributed by atoms with Crippen LogP contribution >= 0.6 is 0 Å². The van der Waals surface area contributed by atoms with Gasteiger partial charge in [0.05, 0.1) is 18.8 Å². The molecular formula is C24H27N4O5S+. The number of carbonyl (C=O) groups excluding carboxylic acids is 1. The van der Waals surface area contributed by atoms with Crippen molar-refractivity contribution in [1.82, 2.24) is 14.2 Å². The van der Waals surface area contributed by atoms with Crippen LogP contribution in [-0.2, 0) is 15.4 Å². The molecule has 1 unspecified atom stereocenters. The fraction of sp³-hybridized carbons (Fsp3) is 0.333. The van der Waals surface area contributed by atoms with Crippen LogP contribution in [0.25, 0.3) is 11.3 Å². The fourth-order valence-corrected chi connectivity index (χ4v) is 6.57. The zero-order valence-corrected chi connectivity index (χ0v) is 19.9. The molecule has 0 saturated carbocycles. The third-order valence-electron chi connectivity index (χ3n) is 6.93. The second-order valence-corrected chi connectivity index (χ2v) is 11.0. The highest BCUT2D eigenvalue weighted by Crippen LogP contribution is 2.51. The lowest BCUT2D eigenvalue weighted by Crippen LogP contribution is -2.61. The summed E-state index contributed by atoms with van der Waals surface area (Å²) in [6, 6.07) is 13.9. The molecule has 2 amide bonds. The fourth-order valence-electron chi connectivity index (χ4n) is 5.22. The lowest BCUT2D eigenvalue weighted by molar-refractivity contribution is 0.224. The number of oxazole rings is 1. The Hall–Kier alpha value is -3.21. The largest absolute Gasteiger partial charge is 0.497 e. The zero-order valence-electron chi connectivity index (χ0n) is 19.1. The molecule has 2 aromatic carbocycles. The highest BCUT2D eigenvalue weighted by molar-refractivity contribution is 7.90. The summed E-state index contributed by atoms with van der Waals surface area (Å²) in [7, 11) is -2.33. The van der Waals surface area contributed by atoms with Crippen molar-refractivity contribution >= 4 is 27.8 Å². The molecule has 178 valence electrons. The zero-order chi connectivity index (χ0) is 24.0. The highest BCUT2D eigenvalue weighted by Gasteiger charge is 2.63. The van der Waals surface area contributed by atoms with E-state index in [-0.39, 0.29) is 12.6 Å². The molecule has 1 saturated heterocycles. The topological polar surface area (TPSA) is 111 Å². The number of nitrogens with one attached hydrogen (secondary N) is 2. The Kier molecular flexibility index (Phi) is 5.46. The Labute approximate surface area is 198 Å². The number of hydrogen-bond acceptors (Lipinski definition) is 7. The van der Waals surface area contributed by atoms with Crippen LogP contribution in [0.15, 0.2) is 59.2 Å². The van der Waals surface area contributed by atoms with E-state index in [1.165, 1.54) is 6.26 Å². The summed E-state index contributed by atoms with van der Waals surface area (Å²) in [6.07, 6.45) is 4.04. The number of piperidine rings is 1. The van der Waals surface area contributed by atoms with Crippen molar-refractivity contribution < 1.29 is 22.4 Å². The molecule has 3 aromatic rings. The van der Waals surface area contributed by atoms with Crippen LogP contribution in [0.1, 0.15) is 18.4 Å². The van der Waals surface area contributed by atoms with Crippen molar-refractivity contribution in [3.63, 3.8) is 0 Å². The van der Waals surface area contributed by atoms with Gasteiger partial charge in [0, 0.05) is 17.2 Å². The molecule has 1 atom stereocenters. The quantitative estimate of drug-likeness (QED) is 0.547. The van der Waals surface area contributed by atoms with Gasteiger partial charge >= 0.3 is 22.1 Å². The van der Waals surface area contributed by atoms with E-state index in [2.05, 4.69) is 15.6 Å². The van der Waals surface area contributed by atoms with E-state index in [9.17, 15) is 13.2 Å². The van der Waals surface area contributed by atoms with E-state index in [4.69, 9.17) is 9.15 Å². The average Bonchev–Trinajstić information content (AvgIpc) is 3.41. The first kappa shape index (κ1) is 22.6. The van der Waals surface area contributed by atoms with Gasteiger partial charge in [0.1, 0.15) is 24.3 Å². The molecule has 10 heteroatoms. The number of para-hydroxylation sites is 1. The Morgan fingerprint density at radius 2 is 1.94 bits per heavy atom. The first-order chi connectivity index (χ1) is 16.3. The molecule has 2 N–H and O–H groups in total. The van der Waals surface area contributed by atoms with Gasteiger partial charge in [-0.05, 0) is 38.1 Å². The van der Waals surface area contributed by atoms with Crippen LogP contribution in [0.2, 0.25) is 0 Å². The van der Waals surface area contributed by atoms with Gasteiger partial charge in [-0.3, -0.25) is 0 Å². The smallest absolute Gasteiger partial charge is 0.445 e. The van der Waals surface area contributed by atoms with Gasteiger partial charge in [-0.15, -0.1) is 3.89 Å². The van der Waals surface area contributed by atoms with Crippen LogP contribution in [-0.4, -0.2) is 52.4 Å². The van der Waals surface area contributed by atoms with Crippen molar-refractivity contribution in [2.45, 2.75) is 18.3 Å². The molecule has 0 radical (unpaired) electrons. The number of aromatic nitrogens is 1. The van der Waals surface area contributed by atoms with Crippen molar-refractivity contribution in [2.75, 3.05) is 38.3 Å². The van der Waals surface area contributed by atoms with Crippen LogP contribution in [0, 0.1) is 0 Å². The number of anilines is 1. The number of quaternary nitrogens is 1. The monoisotopic (exact) mass is 483 g/mol. The minimum Gasteiger partial charge on any atom is -0.497 e. The molecule has 1 fully saturated rings. The van der Waals surface area contributed by atoms with Gasteiger partial charge in [0.15, 0.2) is 5.69 Å². The minimum atomic E-state index is -3.91. The summed E-state index contributed by atoms with van der Waals surface area (Å²) in [5.74, 6) is 0.661. The van der Waals surface area contributed by atoms with Crippen LogP contribution < -0.4 is 19.3 Å². The third-order valence-corrected chi connectivity index (χ3v) is 8.55. The number of sulfonamides is 1. The Morgan fingerprint density at radius 3 is 2.68 bits per heavy atom. The van der Waals surface area contributed by atoms with Crippen LogP contribution in [0.3, 0.4) is 0 Å². The summed E-state index contributed by atoms with van der Waals surface area (Å²) in [4.78, 5) is 18.1. The Bertz CT molecular complexity index is 1350. The average molecular weight is 484 g/mol. The standard InChI is InChI=1S/C24H26N4O5S/c1-32-18-7-5-6-17(14-18)20-15-33-22(26-20)27-23(29)28(34(2,30)31)16-24(10-12-25-13-11-24)19-8-3-4-9-21(19)28/h3-9,14-15,25H,10-13,16H2,1-2H3/p+1. The molecule has 3 heterocycles. The van der Waals surface area contributed by atoms with Crippen molar-refractivity contribution in [2.24, 2.45) is 0 Å². The van der Waals surface area contributed by atoms with Gasteiger partial charge in [0.25, 0.3) is 0 Å². The first-order valence-electron chi connectivity index (χ1n) is 11.1. The number of urea groups is 1. The van der Waals surface area contributed by atoms with Gasteiger partial charge in [-0.2, -0.15) is 13.4 Å². The SMILES string of the molecule is COc1cccc(-c2coc(NC(=O)[N+]3(S(C)(=O)=O)CC4(CCNCC4)c4ccccc43)n2)c1. The van der Waals surface area contributed by atoms with E-state index >= 15 is 0 Å². The van der Waals surface area contributed by atoms with E-state index in [0.29, 0.717) is 17.1 Å². The molecule has 5 rings (SSSR count). The molecule has 0 bridgehead atoms. The molecule has 1 spiro atoms. The van der Waals surface area contributed by atoms with Crippen molar-refractivity contribution in [3.05, 3.63) is 60.4 Å². The second-order valence-electron chi connectivity index (χ2n) is 8.88. The summed E-state index contributed by atoms with van der Waals surface area (Å²) < 4.78 is 36.5. The second kappa shape index (κ2) is 8.23. The molecular weight excluding hydrogens is 456 g/mol. The molecule has 2 aliphatic rings. The number of benzene rings is 2. The predicted molar refractivity (Wildman–Crippen MR) is 129 cm³/mol. The number of nitrogens with zero attached hydrogens (tertiary/aromatic N) is 2. The predicted octanol–water partition coefficient (Wildman–Crippen LogP) is 3.48. The number of ether oxygens (including phenoxy) is 1. The highest BCUT2D eigenvalue weighted by atomic mass is 32.2.